The Hall–Kier alpha value is -3.53. The van der Waals surface area contributed by atoms with Crippen molar-refractivity contribution < 1.29 is 19.1 Å². The van der Waals surface area contributed by atoms with Crippen molar-refractivity contribution in [2.45, 2.75) is 25.7 Å². The van der Waals surface area contributed by atoms with E-state index >= 15 is 0 Å². The number of anilines is 1. The molecule has 2 aromatic carbocycles. The van der Waals surface area contributed by atoms with E-state index in [0.717, 1.165) is 11.3 Å². The van der Waals surface area contributed by atoms with Crippen LogP contribution in [0.1, 0.15) is 24.8 Å². The van der Waals surface area contributed by atoms with Gasteiger partial charge >= 0.3 is 0 Å². The number of nitrogens with one attached hydrogen (secondary N) is 1. The van der Waals surface area contributed by atoms with Gasteiger partial charge in [0.15, 0.2) is 11.5 Å². The first-order valence-electron chi connectivity index (χ1n) is 9.79. The van der Waals surface area contributed by atoms with Crippen LogP contribution in [0, 0.1) is 11.3 Å². The Kier molecular flexibility index (Phi) is 9.19. The van der Waals surface area contributed by atoms with Crippen LogP contribution in [-0.2, 0) is 16.0 Å². The monoisotopic (exact) mass is 409 g/mol. The SMILES string of the molecule is COc1ccc(CCNC(=O)CCC(=O)N(CCC#N)c2ccccc2)cc1OC. The molecule has 0 aliphatic carbocycles. The molecule has 2 aromatic rings. The predicted molar refractivity (Wildman–Crippen MR) is 115 cm³/mol. The van der Waals surface area contributed by atoms with Gasteiger partial charge in [-0.1, -0.05) is 24.3 Å². The summed E-state index contributed by atoms with van der Waals surface area (Å²) in [5, 5.41) is 11.7. The van der Waals surface area contributed by atoms with E-state index in [4.69, 9.17) is 14.7 Å². The summed E-state index contributed by atoms with van der Waals surface area (Å²) >= 11 is 0. The molecule has 0 radical (unpaired) electrons. The van der Waals surface area contributed by atoms with E-state index in [-0.39, 0.29) is 31.1 Å². The molecule has 0 saturated carbocycles. The van der Waals surface area contributed by atoms with Crippen molar-refractivity contribution >= 4 is 17.5 Å². The van der Waals surface area contributed by atoms with E-state index < -0.39 is 0 Å². The van der Waals surface area contributed by atoms with Gasteiger partial charge in [0.25, 0.3) is 0 Å². The maximum absolute atomic E-state index is 12.6. The lowest BCUT2D eigenvalue weighted by Crippen LogP contribution is -2.33. The van der Waals surface area contributed by atoms with Crippen LogP contribution in [0.2, 0.25) is 0 Å². The molecule has 7 heteroatoms. The molecule has 2 rings (SSSR count). The zero-order valence-electron chi connectivity index (χ0n) is 17.4. The quantitative estimate of drug-likeness (QED) is 0.616. The molecule has 30 heavy (non-hydrogen) atoms. The fourth-order valence-electron chi connectivity index (χ4n) is 2.99. The predicted octanol–water partition coefficient (Wildman–Crippen LogP) is 3.09. The molecule has 2 amide bonds. The number of methoxy groups -OCH3 is 2. The van der Waals surface area contributed by atoms with Gasteiger partial charge in [0.2, 0.25) is 11.8 Å². The van der Waals surface area contributed by atoms with E-state index in [1.54, 1.807) is 19.1 Å². The molecule has 0 spiro atoms. The number of carbonyl (C=O) groups is 2. The van der Waals surface area contributed by atoms with E-state index in [9.17, 15) is 9.59 Å². The maximum Gasteiger partial charge on any atom is 0.227 e. The standard InChI is InChI=1S/C23H27N3O4/c1-29-20-10-9-18(17-21(20)30-2)13-15-25-22(27)11-12-23(28)26(16-6-14-24)19-7-4-3-5-8-19/h3-5,7-10,17H,6,11-13,15-16H2,1-2H3,(H,25,27). The minimum absolute atomic E-state index is 0.0858. The molecule has 158 valence electrons. The average molecular weight is 409 g/mol. The van der Waals surface area contributed by atoms with Crippen molar-refractivity contribution in [3.05, 3.63) is 54.1 Å². The highest BCUT2D eigenvalue weighted by molar-refractivity contribution is 5.95. The molecule has 1 N–H and O–H groups in total. The van der Waals surface area contributed by atoms with Crippen LogP contribution >= 0.6 is 0 Å². The first-order valence-corrected chi connectivity index (χ1v) is 9.79. The number of carbonyl (C=O) groups excluding carboxylic acids is 2. The van der Waals surface area contributed by atoms with Gasteiger partial charge in [0.05, 0.1) is 26.7 Å². The van der Waals surface area contributed by atoms with Crippen LogP contribution in [0.5, 0.6) is 11.5 Å². The Labute approximate surface area is 177 Å². The van der Waals surface area contributed by atoms with E-state index in [1.807, 2.05) is 48.5 Å². The van der Waals surface area contributed by atoms with E-state index in [1.165, 1.54) is 0 Å². The van der Waals surface area contributed by atoms with Gasteiger partial charge in [0.1, 0.15) is 0 Å². The van der Waals surface area contributed by atoms with Crippen LogP contribution < -0.4 is 19.7 Å². The molecule has 0 aliphatic heterocycles. The molecule has 0 unspecified atom stereocenters. The van der Waals surface area contributed by atoms with Crippen molar-refractivity contribution in [3.63, 3.8) is 0 Å². The molecule has 0 saturated heterocycles. The van der Waals surface area contributed by atoms with Gasteiger partial charge in [-0.25, -0.2) is 0 Å². The summed E-state index contributed by atoms with van der Waals surface area (Å²) in [7, 11) is 3.16. The second kappa shape index (κ2) is 12.1. The van der Waals surface area contributed by atoms with Crippen LogP contribution in [0.4, 0.5) is 5.69 Å². The van der Waals surface area contributed by atoms with Crippen LogP contribution in [0.3, 0.4) is 0 Å². The molecule has 0 bridgehead atoms. The number of nitrogens with zero attached hydrogens (tertiary/aromatic N) is 2. The molecule has 0 atom stereocenters. The second-order valence-corrected chi connectivity index (χ2v) is 6.58. The Morgan fingerprint density at radius 3 is 2.43 bits per heavy atom. The molecule has 7 nitrogen and oxygen atoms in total. The van der Waals surface area contributed by atoms with E-state index in [2.05, 4.69) is 11.4 Å². The number of hydrogen-bond acceptors (Lipinski definition) is 5. The van der Waals surface area contributed by atoms with Crippen LogP contribution in [0.25, 0.3) is 0 Å². The summed E-state index contributed by atoms with van der Waals surface area (Å²) in [6, 6.07) is 16.9. The highest BCUT2D eigenvalue weighted by Gasteiger charge is 2.16. The van der Waals surface area contributed by atoms with Crippen molar-refractivity contribution in [1.82, 2.24) is 5.32 Å². The number of hydrogen-bond donors (Lipinski definition) is 1. The first-order chi connectivity index (χ1) is 14.6. The average Bonchev–Trinajstić information content (AvgIpc) is 2.78. The summed E-state index contributed by atoms with van der Waals surface area (Å²) in [6.45, 7) is 0.763. The smallest absolute Gasteiger partial charge is 0.227 e. The molecular weight excluding hydrogens is 382 g/mol. The highest BCUT2D eigenvalue weighted by atomic mass is 16.5. The van der Waals surface area contributed by atoms with Crippen molar-refractivity contribution in [2.24, 2.45) is 0 Å². The third-order valence-electron chi connectivity index (χ3n) is 4.57. The van der Waals surface area contributed by atoms with Gasteiger partial charge < -0.3 is 19.7 Å². The molecule has 0 aliphatic rings. The number of amides is 2. The lowest BCUT2D eigenvalue weighted by Gasteiger charge is -2.21. The normalized spacial score (nSPS) is 10.0. The zero-order chi connectivity index (χ0) is 21.8. The van der Waals surface area contributed by atoms with Crippen LogP contribution in [-0.4, -0.2) is 39.1 Å². The van der Waals surface area contributed by atoms with Crippen molar-refractivity contribution in [1.29, 1.82) is 5.26 Å². The van der Waals surface area contributed by atoms with E-state index in [0.29, 0.717) is 31.0 Å². The summed E-state index contributed by atoms with van der Waals surface area (Å²) in [5.41, 5.74) is 1.74. The summed E-state index contributed by atoms with van der Waals surface area (Å²) in [5.74, 6) is 0.942. The molecule has 0 heterocycles. The second-order valence-electron chi connectivity index (χ2n) is 6.58. The van der Waals surface area contributed by atoms with Gasteiger partial charge in [-0.2, -0.15) is 5.26 Å². The number of para-hydroxylation sites is 1. The third-order valence-corrected chi connectivity index (χ3v) is 4.57. The summed E-state index contributed by atoms with van der Waals surface area (Å²) in [4.78, 5) is 26.3. The fraction of sp³-hybridized carbons (Fsp3) is 0.348. The van der Waals surface area contributed by atoms with Gasteiger partial charge in [-0.05, 0) is 36.2 Å². The topological polar surface area (TPSA) is 91.7 Å². The Bertz CT molecular complexity index is 878. The molecular formula is C23H27N3O4. The Morgan fingerprint density at radius 1 is 1.03 bits per heavy atom. The third kappa shape index (κ3) is 6.82. The molecule has 0 aromatic heterocycles. The summed E-state index contributed by atoms with van der Waals surface area (Å²) in [6.07, 6.45) is 1.06. The minimum atomic E-state index is -0.183. The number of rotatable bonds is 11. The highest BCUT2D eigenvalue weighted by Crippen LogP contribution is 2.27. The summed E-state index contributed by atoms with van der Waals surface area (Å²) < 4.78 is 10.5. The van der Waals surface area contributed by atoms with Crippen molar-refractivity contribution in [2.75, 3.05) is 32.2 Å². The zero-order valence-corrected chi connectivity index (χ0v) is 17.4. The number of nitriles is 1. The van der Waals surface area contributed by atoms with Gasteiger partial charge in [-0.15, -0.1) is 0 Å². The van der Waals surface area contributed by atoms with Crippen LogP contribution in [0.15, 0.2) is 48.5 Å². The Morgan fingerprint density at radius 2 is 1.77 bits per heavy atom. The first kappa shape index (κ1) is 22.8. The largest absolute Gasteiger partial charge is 0.493 e. The minimum Gasteiger partial charge on any atom is -0.493 e. The molecule has 0 fully saturated rings. The van der Waals surface area contributed by atoms with Gasteiger partial charge in [0, 0.05) is 31.6 Å². The van der Waals surface area contributed by atoms with Crippen molar-refractivity contribution in [3.8, 4) is 17.6 Å². The lowest BCUT2D eigenvalue weighted by molar-refractivity contribution is -0.125. The Balaban J connectivity index is 1.81. The number of ether oxygens (including phenoxy) is 2. The van der Waals surface area contributed by atoms with Gasteiger partial charge in [-0.3, -0.25) is 9.59 Å². The fourth-order valence-corrected chi connectivity index (χ4v) is 2.99. The lowest BCUT2D eigenvalue weighted by atomic mass is 10.1. The number of benzene rings is 2. The maximum atomic E-state index is 12.6.